The van der Waals surface area contributed by atoms with Crippen LogP contribution in [0.5, 0.6) is 0 Å². The van der Waals surface area contributed by atoms with Crippen LogP contribution in [0.4, 0.5) is 5.69 Å². The summed E-state index contributed by atoms with van der Waals surface area (Å²) < 4.78 is 23.9. The zero-order valence-corrected chi connectivity index (χ0v) is 20.5. The lowest BCUT2D eigenvalue weighted by molar-refractivity contribution is -0.117. The summed E-state index contributed by atoms with van der Waals surface area (Å²) in [6.07, 6.45) is 0.954. The molecule has 11 heteroatoms. The molecule has 0 saturated heterocycles. The number of sulfonamides is 1. The van der Waals surface area contributed by atoms with E-state index in [9.17, 15) is 18.0 Å². The quantitative estimate of drug-likeness (QED) is 0.114. The zero-order chi connectivity index (χ0) is 26.3. The number of primary sulfonamides is 1. The number of nitrogens with zero attached hydrogens (tertiary/aromatic N) is 1. The summed E-state index contributed by atoms with van der Waals surface area (Å²) in [7, 11) is -3.92. The van der Waals surface area contributed by atoms with Crippen LogP contribution in [0.2, 0.25) is 0 Å². The van der Waals surface area contributed by atoms with Gasteiger partial charge in [-0.05, 0) is 49.2 Å². The molecule has 3 rings (SSSR count). The maximum atomic E-state index is 13.0. The number of ketones is 1. The number of carbonyl (C=O) groups excluding carboxylic acids is 2. The highest BCUT2D eigenvalue weighted by Crippen LogP contribution is 2.26. The van der Waals surface area contributed by atoms with Crippen LogP contribution in [0.25, 0.3) is 11.1 Å². The molecule has 3 aromatic rings. The predicted molar refractivity (Wildman–Crippen MR) is 139 cm³/mol. The third-order valence-corrected chi connectivity index (χ3v) is 6.22. The molecular weight excluding hydrogens is 480 g/mol. The Hall–Kier alpha value is -4.06. The van der Waals surface area contributed by atoms with E-state index in [4.69, 9.17) is 16.3 Å². The van der Waals surface area contributed by atoms with Gasteiger partial charge in [0.1, 0.15) is 11.6 Å². The molecule has 0 aliphatic rings. The van der Waals surface area contributed by atoms with Crippen molar-refractivity contribution in [1.29, 1.82) is 5.41 Å². The number of amides is 1. The van der Waals surface area contributed by atoms with Crippen LogP contribution in [0, 0.1) is 5.41 Å². The zero-order valence-electron chi connectivity index (χ0n) is 19.7. The Balaban J connectivity index is 1.82. The van der Waals surface area contributed by atoms with Crippen molar-refractivity contribution in [3.8, 4) is 11.1 Å². The maximum Gasteiger partial charge on any atom is 0.270 e. The number of nitrogen functional groups attached to an aromatic ring is 1. The lowest BCUT2D eigenvalue weighted by Gasteiger charge is -2.26. The van der Waals surface area contributed by atoms with Gasteiger partial charge >= 0.3 is 0 Å². The Kier molecular flexibility index (Phi) is 8.54. The van der Waals surface area contributed by atoms with Crippen molar-refractivity contribution in [2.24, 2.45) is 10.9 Å². The molecule has 0 unspecified atom stereocenters. The Morgan fingerprint density at radius 1 is 0.972 bits per heavy atom. The molecule has 0 saturated carbocycles. The minimum atomic E-state index is -3.92. The molecule has 36 heavy (non-hydrogen) atoms. The number of hydrazine groups is 2. The first kappa shape index (κ1) is 26.5. The first-order chi connectivity index (χ1) is 17.1. The van der Waals surface area contributed by atoms with Gasteiger partial charge in [0.05, 0.1) is 10.6 Å². The summed E-state index contributed by atoms with van der Waals surface area (Å²) in [4.78, 5) is 24.3. The van der Waals surface area contributed by atoms with E-state index in [2.05, 4.69) is 10.9 Å². The molecule has 0 aliphatic heterocycles. The van der Waals surface area contributed by atoms with Crippen LogP contribution in [0.15, 0.2) is 77.7 Å². The highest BCUT2D eigenvalue weighted by atomic mass is 32.2. The maximum absolute atomic E-state index is 13.0. The number of rotatable bonds is 11. The number of benzene rings is 3. The average Bonchev–Trinajstić information content (AvgIpc) is 2.85. The van der Waals surface area contributed by atoms with Gasteiger partial charge in [0.15, 0.2) is 0 Å². The van der Waals surface area contributed by atoms with Crippen LogP contribution < -0.4 is 26.8 Å². The van der Waals surface area contributed by atoms with Crippen molar-refractivity contribution >= 4 is 33.2 Å². The van der Waals surface area contributed by atoms with Crippen LogP contribution in [0.1, 0.15) is 35.7 Å². The molecule has 0 aromatic heterocycles. The van der Waals surface area contributed by atoms with Crippen LogP contribution in [0.3, 0.4) is 0 Å². The smallest absolute Gasteiger partial charge is 0.270 e. The van der Waals surface area contributed by atoms with E-state index >= 15 is 0 Å². The second-order valence-electron chi connectivity index (χ2n) is 8.07. The molecule has 0 atom stereocenters. The van der Waals surface area contributed by atoms with Crippen LogP contribution >= 0.6 is 0 Å². The average molecular weight is 509 g/mol. The molecule has 3 aromatic carbocycles. The number of anilines is 1. The molecule has 0 radical (unpaired) electrons. The Labute approximate surface area is 209 Å². The summed E-state index contributed by atoms with van der Waals surface area (Å²) in [6.45, 7) is 1.92. The van der Waals surface area contributed by atoms with E-state index < -0.39 is 15.9 Å². The van der Waals surface area contributed by atoms with Crippen molar-refractivity contribution < 1.29 is 18.0 Å². The Morgan fingerprint density at radius 3 is 2.31 bits per heavy atom. The highest BCUT2D eigenvalue weighted by molar-refractivity contribution is 7.89. The number of hydrogen-bond acceptors (Lipinski definition) is 7. The van der Waals surface area contributed by atoms with Gasteiger partial charge in [-0.15, -0.1) is 0 Å². The van der Waals surface area contributed by atoms with Gasteiger partial charge in [0, 0.05) is 29.7 Å². The molecule has 1 amide bonds. The van der Waals surface area contributed by atoms with E-state index in [1.807, 2.05) is 0 Å². The topological polar surface area (TPSA) is 171 Å². The fourth-order valence-corrected chi connectivity index (χ4v) is 4.22. The van der Waals surface area contributed by atoms with Gasteiger partial charge in [-0.3, -0.25) is 10.2 Å². The number of hydrogen-bond donors (Lipinski definition) is 5. The van der Waals surface area contributed by atoms with Crippen molar-refractivity contribution in [2.75, 3.05) is 11.7 Å². The Morgan fingerprint density at radius 2 is 1.67 bits per heavy atom. The van der Waals surface area contributed by atoms with E-state index in [0.29, 0.717) is 47.3 Å². The standard InChI is InChI=1S/C25H28N6O4S/c1-17(32)6-5-15-29-31(21-8-4-7-20(16-21)24(26)27)30-25(33)19-13-11-18(12-14-19)22-9-2-3-10-23(22)36(28,34)35/h2-4,7-14,16,29H,5-6,15H2,1H3,(H3,26,27)(H,30,33)(H2,28,34,35). The minimum absolute atomic E-state index is 0.00603. The van der Waals surface area contributed by atoms with Crippen LogP contribution in [-0.2, 0) is 14.8 Å². The predicted octanol–water partition coefficient (Wildman–Crippen LogP) is 2.31. The fraction of sp³-hybridized carbons (Fsp3) is 0.160. The third kappa shape index (κ3) is 6.98. The van der Waals surface area contributed by atoms with Crippen molar-refractivity contribution in [2.45, 2.75) is 24.7 Å². The van der Waals surface area contributed by atoms with Gasteiger partial charge in [-0.2, -0.15) is 0 Å². The monoisotopic (exact) mass is 508 g/mol. The van der Waals surface area contributed by atoms with Gasteiger partial charge in [0.2, 0.25) is 10.0 Å². The molecular formula is C25H28N6O4S. The molecule has 7 N–H and O–H groups in total. The summed E-state index contributed by atoms with van der Waals surface area (Å²) >= 11 is 0. The number of nitrogens with one attached hydrogen (secondary N) is 3. The van der Waals surface area contributed by atoms with E-state index in [1.165, 1.54) is 18.1 Å². The van der Waals surface area contributed by atoms with E-state index in [1.54, 1.807) is 66.7 Å². The molecule has 0 heterocycles. The SMILES string of the molecule is CC(=O)CCCNN(NC(=O)c1ccc(-c2ccccc2S(N)(=O)=O)cc1)c1cccc(C(=N)N)c1. The van der Waals surface area contributed by atoms with E-state index in [0.717, 1.165) is 0 Å². The minimum Gasteiger partial charge on any atom is -0.384 e. The van der Waals surface area contributed by atoms with E-state index in [-0.39, 0.29) is 16.5 Å². The second-order valence-corrected chi connectivity index (χ2v) is 9.60. The van der Waals surface area contributed by atoms with Gasteiger partial charge in [-0.25, -0.2) is 29.5 Å². The molecule has 0 spiro atoms. The second kappa shape index (κ2) is 11.6. The summed E-state index contributed by atoms with van der Waals surface area (Å²) in [5, 5.41) is 14.4. The Bertz CT molecular complexity index is 1370. The normalized spacial score (nSPS) is 11.1. The molecule has 0 aliphatic carbocycles. The van der Waals surface area contributed by atoms with Crippen LogP contribution in [-0.4, -0.2) is 32.5 Å². The lowest BCUT2D eigenvalue weighted by Crippen LogP contribution is -2.51. The lowest BCUT2D eigenvalue weighted by atomic mass is 10.0. The largest absolute Gasteiger partial charge is 0.384 e. The highest BCUT2D eigenvalue weighted by Gasteiger charge is 2.16. The van der Waals surface area contributed by atoms with Crippen molar-refractivity contribution in [3.63, 3.8) is 0 Å². The van der Waals surface area contributed by atoms with Gasteiger partial charge in [-0.1, -0.05) is 42.5 Å². The fourth-order valence-electron chi connectivity index (χ4n) is 3.46. The summed E-state index contributed by atoms with van der Waals surface area (Å²) in [6, 6.07) is 19.6. The molecule has 0 bridgehead atoms. The molecule has 188 valence electrons. The first-order valence-corrected chi connectivity index (χ1v) is 12.6. The van der Waals surface area contributed by atoms with Gasteiger partial charge < -0.3 is 10.5 Å². The third-order valence-electron chi connectivity index (χ3n) is 5.26. The summed E-state index contributed by atoms with van der Waals surface area (Å²) in [5.74, 6) is -0.487. The number of carbonyl (C=O) groups is 2. The molecule has 0 fully saturated rings. The number of Topliss-reactive ketones (excluding diaryl/α,β-unsaturated/α-hetero) is 1. The first-order valence-electron chi connectivity index (χ1n) is 11.1. The van der Waals surface area contributed by atoms with Crippen molar-refractivity contribution in [1.82, 2.24) is 10.9 Å². The molecule has 10 nitrogen and oxygen atoms in total. The van der Waals surface area contributed by atoms with Crippen molar-refractivity contribution in [3.05, 3.63) is 83.9 Å². The summed E-state index contributed by atoms with van der Waals surface area (Å²) in [5.41, 5.74) is 13.8. The number of amidine groups is 1. The van der Waals surface area contributed by atoms with Gasteiger partial charge in [0.25, 0.3) is 5.91 Å². The number of nitrogens with two attached hydrogens (primary N) is 2.